The van der Waals surface area contributed by atoms with Crippen molar-refractivity contribution in [3.63, 3.8) is 0 Å². The van der Waals surface area contributed by atoms with Crippen LogP contribution in [0.5, 0.6) is 0 Å². The second-order valence-corrected chi connectivity index (χ2v) is 4.42. The Balaban J connectivity index is 2.45. The maximum absolute atomic E-state index is 12.2. The van der Waals surface area contributed by atoms with Crippen LogP contribution in [0, 0.1) is 0 Å². The first-order valence-electron chi connectivity index (χ1n) is 6.26. The molecule has 0 unspecified atom stereocenters. The van der Waals surface area contributed by atoms with Crippen LogP contribution in [0.1, 0.15) is 37.4 Å². The van der Waals surface area contributed by atoms with Gasteiger partial charge in [-0.15, -0.1) is 5.10 Å². The van der Waals surface area contributed by atoms with Crippen LogP contribution in [0.15, 0.2) is 4.79 Å². The SMILES string of the molecule is CCc1nc2c(c3nn(CC)c(=O)n13)CCC2. The second-order valence-electron chi connectivity index (χ2n) is 4.42. The molecule has 0 aromatic carbocycles. The van der Waals surface area contributed by atoms with Gasteiger partial charge in [0.1, 0.15) is 5.82 Å². The van der Waals surface area contributed by atoms with E-state index in [1.807, 2.05) is 13.8 Å². The van der Waals surface area contributed by atoms with Gasteiger partial charge in [0.2, 0.25) is 0 Å². The van der Waals surface area contributed by atoms with Crippen molar-refractivity contribution in [3.05, 3.63) is 27.6 Å². The fraction of sp³-hybridized carbons (Fsp3) is 0.583. The summed E-state index contributed by atoms with van der Waals surface area (Å²) < 4.78 is 3.21. The summed E-state index contributed by atoms with van der Waals surface area (Å²) in [6.45, 7) is 4.57. The Morgan fingerprint density at radius 3 is 2.82 bits per heavy atom. The van der Waals surface area contributed by atoms with Crippen LogP contribution in [0.2, 0.25) is 0 Å². The third kappa shape index (κ3) is 1.34. The van der Waals surface area contributed by atoms with E-state index in [9.17, 15) is 4.79 Å². The van der Waals surface area contributed by atoms with Crippen molar-refractivity contribution in [1.29, 1.82) is 0 Å². The minimum Gasteiger partial charge on any atom is -0.246 e. The van der Waals surface area contributed by atoms with Gasteiger partial charge in [0.15, 0.2) is 5.65 Å². The van der Waals surface area contributed by atoms with E-state index in [2.05, 4.69) is 10.1 Å². The van der Waals surface area contributed by atoms with Gasteiger partial charge in [-0.3, -0.25) is 0 Å². The van der Waals surface area contributed by atoms with Crippen molar-refractivity contribution in [2.24, 2.45) is 0 Å². The third-order valence-electron chi connectivity index (χ3n) is 3.44. The normalized spacial score (nSPS) is 14.5. The largest absolute Gasteiger partial charge is 0.351 e. The quantitative estimate of drug-likeness (QED) is 0.775. The number of aromatic nitrogens is 4. The lowest BCUT2D eigenvalue weighted by Gasteiger charge is -2.04. The summed E-state index contributed by atoms with van der Waals surface area (Å²) in [7, 11) is 0. The molecule has 0 N–H and O–H groups in total. The molecule has 0 fully saturated rings. The molecule has 0 saturated carbocycles. The van der Waals surface area contributed by atoms with Gasteiger partial charge >= 0.3 is 5.69 Å². The number of hydrogen-bond donors (Lipinski definition) is 0. The molecule has 17 heavy (non-hydrogen) atoms. The summed E-state index contributed by atoms with van der Waals surface area (Å²) in [6.07, 6.45) is 3.90. The molecule has 0 bridgehead atoms. The van der Waals surface area contributed by atoms with E-state index >= 15 is 0 Å². The van der Waals surface area contributed by atoms with Crippen molar-refractivity contribution < 1.29 is 0 Å². The van der Waals surface area contributed by atoms with Crippen molar-refractivity contribution in [1.82, 2.24) is 19.2 Å². The molecule has 1 aliphatic rings. The fourth-order valence-corrected chi connectivity index (χ4v) is 2.58. The molecule has 0 atom stereocenters. The summed E-state index contributed by atoms with van der Waals surface area (Å²) >= 11 is 0. The summed E-state index contributed by atoms with van der Waals surface area (Å²) in [6, 6.07) is 0. The average Bonchev–Trinajstić information content (AvgIpc) is 2.92. The molecule has 2 aromatic heterocycles. The lowest BCUT2D eigenvalue weighted by Crippen LogP contribution is -2.23. The van der Waals surface area contributed by atoms with Crippen molar-refractivity contribution in [2.75, 3.05) is 0 Å². The first kappa shape index (κ1) is 10.5. The molecule has 0 saturated heterocycles. The zero-order valence-corrected chi connectivity index (χ0v) is 10.2. The Hall–Kier alpha value is -1.65. The highest BCUT2D eigenvalue weighted by molar-refractivity contribution is 5.51. The molecular formula is C12H16N4O. The second kappa shape index (κ2) is 3.68. The highest BCUT2D eigenvalue weighted by Gasteiger charge is 2.21. The van der Waals surface area contributed by atoms with Gasteiger partial charge in [-0.05, 0) is 26.2 Å². The highest BCUT2D eigenvalue weighted by Crippen LogP contribution is 2.23. The number of rotatable bonds is 2. The van der Waals surface area contributed by atoms with E-state index in [0.29, 0.717) is 6.54 Å². The Morgan fingerprint density at radius 2 is 2.12 bits per heavy atom. The lowest BCUT2D eigenvalue weighted by molar-refractivity contribution is 0.630. The van der Waals surface area contributed by atoms with Crippen LogP contribution in [0.4, 0.5) is 0 Å². The Bertz CT molecular complexity index is 638. The van der Waals surface area contributed by atoms with Gasteiger partial charge in [0.05, 0.1) is 0 Å². The van der Waals surface area contributed by atoms with Crippen LogP contribution in [-0.2, 0) is 25.8 Å². The smallest absolute Gasteiger partial charge is 0.246 e. The monoisotopic (exact) mass is 232 g/mol. The summed E-state index contributed by atoms with van der Waals surface area (Å²) in [5.41, 5.74) is 3.09. The van der Waals surface area contributed by atoms with Gasteiger partial charge in [0.25, 0.3) is 0 Å². The molecule has 2 heterocycles. The van der Waals surface area contributed by atoms with E-state index in [0.717, 1.165) is 42.8 Å². The minimum atomic E-state index is -0.0541. The van der Waals surface area contributed by atoms with E-state index in [1.54, 1.807) is 4.40 Å². The van der Waals surface area contributed by atoms with Crippen LogP contribution in [0.25, 0.3) is 5.65 Å². The predicted molar refractivity (Wildman–Crippen MR) is 64.3 cm³/mol. The first-order valence-corrected chi connectivity index (χ1v) is 6.26. The van der Waals surface area contributed by atoms with E-state index in [4.69, 9.17) is 0 Å². The molecule has 0 spiro atoms. The molecule has 2 aromatic rings. The first-order chi connectivity index (χ1) is 8.26. The fourth-order valence-electron chi connectivity index (χ4n) is 2.58. The molecule has 0 aliphatic heterocycles. The van der Waals surface area contributed by atoms with E-state index in [-0.39, 0.29) is 5.69 Å². The minimum absolute atomic E-state index is 0.0541. The molecule has 1 aliphatic carbocycles. The van der Waals surface area contributed by atoms with Gasteiger partial charge in [-0.1, -0.05) is 6.92 Å². The summed E-state index contributed by atoms with van der Waals surface area (Å²) in [5.74, 6) is 0.838. The Kier molecular flexibility index (Phi) is 2.28. The molecule has 3 rings (SSSR count). The number of hydrogen-bond acceptors (Lipinski definition) is 3. The van der Waals surface area contributed by atoms with Gasteiger partial charge in [0, 0.05) is 24.2 Å². The van der Waals surface area contributed by atoms with Gasteiger partial charge < -0.3 is 0 Å². The van der Waals surface area contributed by atoms with Crippen LogP contribution < -0.4 is 5.69 Å². The van der Waals surface area contributed by atoms with Gasteiger partial charge in [-0.25, -0.2) is 18.9 Å². The van der Waals surface area contributed by atoms with Gasteiger partial charge in [-0.2, -0.15) is 0 Å². The summed E-state index contributed by atoms with van der Waals surface area (Å²) in [5, 5.41) is 4.44. The zero-order valence-electron chi connectivity index (χ0n) is 10.2. The van der Waals surface area contributed by atoms with Crippen LogP contribution in [0.3, 0.4) is 0 Å². The number of aryl methyl sites for hydroxylation is 4. The molecule has 90 valence electrons. The number of nitrogens with zero attached hydrogens (tertiary/aromatic N) is 4. The standard InChI is InChI=1S/C12H16N4O/c1-3-10-13-9-7-5-6-8(9)11-14-15(4-2)12(17)16(10)11/h3-7H2,1-2H3. The van der Waals surface area contributed by atoms with Crippen LogP contribution >= 0.6 is 0 Å². The molecular weight excluding hydrogens is 216 g/mol. The Labute approximate surface area is 99.1 Å². The number of fused-ring (bicyclic) bond motifs is 3. The molecule has 5 nitrogen and oxygen atoms in total. The Morgan fingerprint density at radius 1 is 1.29 bits per heavy atom. The van der Waals surface area contributed by atoms with Crippen LogP contribution in [-0.4, -0.2) is 19.2 Å². The van der Waals surface area contributed by atoms with Crippen molar-refractivity contribution in [2.45, 2.75) is 46.1 Å². The summed E-state index contributed by atoms with van der Waals surface area (Å²) in [4.78, 5) is 16.8. The maximum atomic E-state index is 12.2. The third-order valence-corrected chi connectivity index (χ3v) is 3.44. The maximum Gasteiger partial charge on any atom is 0.351 e. The molecule has 0 radical (unpaired) electrons. The van der Waals surface area contributed by atoms with Crippen molar-refractivity contribution >= 4 is 5.65 Å². The zero-order chi connectivity index (χ0) is 12.0. The predicted octanol–water partition coefficient (Wildman–Crippen LogP) is 0.962. The average molecular weight is 232 g/mol. The van der Waals surface area contributed by atoms with E-state index < -0.39 is 0 Å². The topological polar surface area (TPSA) is 52.2 Å². The molecule has 5 heteroatoms. The van der Waals surface area contributed by atoms with E-state index in [1.165, 1.54) is 10.2 Å². The molecule has 0 amide bonds. The highest BCUT2D eigenvalue weighted by atomic mass is 16.2. The lowest BCUT2D eigenvalue weighted by atomic mass is 10.2. The van der Waals surface area contributed by atoms with Crippen molar-refractivity contribution in [3.8, 4) is 0 Å².